The molecule has 0 aromatic carbocycles. The molecular formula is C63H121NO20. The summed E-state index contributed by atoms with van der Waals surface area (Å²) in [5.74, 6) is -2.08. The molecule has 4 aliphatic heterocycles. The summed E-state index contributed by atoms with van der Waals surface area (Å²) in [6.07, 6.45) is 17.3. The molecule has 21 heteroatoms. The van der Waals surface area contributed by atoms with E-state index >= 15 is 0 Å². The van der Waals surface area contributed by atoms with E-state index < -0.39 is 23.1 Å². The quantitative estimate of drug-likeness (QED) is 0.0564. The van der Waals surface area contributed by atoms with Crippen molar-refractivity contribution in [2.75, 3.05) is 172 Å². The molecule has 0 spiro atoms. The Labute approximate surface area is 507 Å². The largest absolute Gasteiger partial charge is 0.379 e. The number of rotatable bonds is 58. The summed E-state index contributed by atoms with van der Waals surface area (Å²) in [5.41, 5.74) is 6.05. The molecule has 21 nitrogen and oxygen atoms in total. The molecule has 0 saturated carbocycles. The highest BCUT2D eigenvalue weighted by Crippen LogP contribution is 2.25. The van der Waals surface area contributed by atoms with Gasteiger partial charge in [-0.1, -0.05) is 0 Å². The van der Waals surface area contributed by atoms with Gasteiger partial charge in [0.15, 0.2) is 23.1 Å². The summed E-state index contributed by atoms with van der Waals surface area (Å²) >= 11 is 0. The number of hydrogen-bond acceptors (Lipinski definition) is 21. The highest BCUT2D eigenvalue weighted by Gasteiger charge is 2.35. The van der Waals surface area contributed by atoms with Crippen LogP contribution in [0.15, 0.2) is 0 Å². The topological polar surface area (TPSA) is 211 Å². The van der Waals surface area contributed by atoms with Gasteiger partial charge >= 0.3 is 0 Å². The second-order valence-electron chi connectivity index (χ2n) is 24.6. The first-order chi connectivity index (χ1) is 40.6. The lowest BCUT2D eigenvalue weighted by molar-refractivity contribution is -0.145. The SMILES string of the molecule is CC1(C)OCC(COCCCCCOCC(COCCCCCOCC(CN)OCCCCCOCC(COCCCCCOCC2COC(C)(C)O2)OCCCCCOCC2COC(C)(C)O2)OCCCCCOCC2COC(C)(C)O2)O1. The second-order valence-corrected chi connectivity index (χ2v) is 24.6. The van der Waals surface area contributed by atoms with Gasteiger partial charge in [-0.05, 0) is 171 Å². The van der Waals surface area contributed by atoms with Crippen molar-refractivity contribution in [3.8, 4) is 0 Å². The molecule has 4 rings (SSSR count). The van der Waals surface area contributed by atoms with Gasteiger partial charge in [0.05, 0.1) is 92.0 Å². The Hall–Kier alpha value is -0.840. The summed E-state index contributed by atoms with van der Waals surface area (Å²) < 4.78 is 118. The molecule has 7 unspecified atom stereocenters. The molecule has 84 heavy (non-hydrogen) atoms. The molecule has 4 saturated heterocycles. The average Bonchev–Trinajstić information content (AvgIpc) is 4.44. The molecule has 0 amide bonds. The van der Waals surface area contributed by atoms with Crippen molar-refractivity contribution in [2.24, 2.45) is 5.73 Å². The maximum atomic E-state index is 6.27. The van der Waals surface area contributed by atoms with Gasteiger partial charge in [-0.3, -0.25) is 0 Å². The van der Waals surface area contributed by atoms with Crippen LogP contribution in [0, 0.1) is 0 Å². The van der Waals surface area contributed by atoms with Crippen molar-refractivity contribution in [1.29, 1.82) is 0 Å². The van der Waals surface area contributed by atoms with Crippen molar-refractivity contribution in [1.82, 2.24) is 0 Å². The molecule has 0 aromatic heterocycles. The first-order valence-corrected chi connectivity index (χ1v) is 32.6. The lowest BCUT2D eigenvalue weighted by Crippen LogP contribution is -2.29. The van der Waals surface area contributed by atoms with Crippen LogP contribution in [-0.2, 0) is 94.7 Å². The zero-order valence-corrected chi connectivity index (χ0v) is 53.9. The highest BCUT2D eigenvalue weighted by atomic mass is 16.8. The van der Waals surface area contributed by atoms with Crippen LogP contribution in [0.4, 0.5) is 0 Å². The second kappa shape index (κ2) is 46.3. The van der Waals surface area contributed by atoms with Gasteiger partial charge in [-0.25, -0.2) is 0 Å². The summed E-state index contributed by atoms with van der Waals surface area (Å²) in [4.78, 5) is 0. The maximum absolute atomic E-state index is 6.27. The Balaban J connectivity index is 0.979. The van der Waals surface area contributed by atoms with Crippen LogP contribution in [0.25, 0.3) is 0 Å². The molecule has 4 aliphatic rings. The lowest BCUT2D eigenvalue weighted by Gasteiger charge is -2.19. The Morgan fingerprint density at radius 1 is 0.286 bits per heavy atom. The number of nitrogens with two attached hydrogens (primary N) is 1. The van der Waals surface area contributed by atoms with E-state index in [0.29, 0.717) is 172 Å². The van der Waals surface area contributed by atoms with E-state index in [0.717, 1.165) is 116 Å². The van der Waals surface area contributed by atoms with E-state index in [1.807, 2.05) is 55.4 Å². The van der Waals surface area contributed by atoms with Gasteiger partial charge in [0, 0.05) is 85.8 Å². The molecular weight excluding hydrogens is 1090 g/mol. The molecule has 0 radical (unpaired) electrons. The van der Waals surface area contributed by atoms with Gasteiger partial charge in [0.25, 0.3) is 0 Å². The van der Waals surface area contributed by atoms with Crippen LogP contribution in [0.1, 0.15) is 171 Å². The third kappa shape index (κ3) is 40.0. The van der Waals surface area contributed by atoms with Crippen LogP contribution in [0.2, 0.25) is 0 Å². The van der Waals surface area contributed by atoms with E-state index in [1.54, 1.807) is 0 Å². The van der Waals surface area contributed by atoms with Crippen molar-refractivity contribution < 1.29 is 94.7 Å². The van der Waals surface area contributed by atoms with E-state index in [-0.39, 0.29) is 42.7 Å². The number of hydrogen-bond donors (Lipinski definition) is 1. The highest BCUT2D eigenvalue weighted by molar-refractivity contribution is 4.73. The van der Waals surface area contributed by atoms with Gasteiger partial charge in [-0.15, -0.1) is 0 Å². The van der Waals surface area contributed by atoms with Crippen molar-refractivity contribution >= 4 is 0 Å². The molecule has 498 valence electrons. The van der Waals surface area contributed by atoms with Crippen LogP contribution < -0.4 is 5.73 Å². The minimum absolute atomic E-state index is 0.000924. The third-order valence-electron chi connectivity index (χ3n) is 14.4. The minimum Gasteiger partial charge on any atom is -0.379 e. The van der Waals surface area contributed by atoms with Crippen LogP contribution in [0.3, 0.4) is 0 Å². The van der Waals surface area contributed by atoms with E-state index in [4.69, 9.17) is 100 Å². The number of ether oxygens (including phenoxy) is 20. The lowest BCUT2D eigenvalue weighted by atomic mass is 10.2. The van der Waals surface area contributed by atoms with Gasteiger partial charge in [0.1, 0.15) is 36.6 Å². The molecule has 4 heterocycles. The molecule has 2 N–H and O–H groups in total. The van der Waals surface area contributed by atoms with Crippen LogP contribution in [-0.4, -0.2) is 238 Å². The molecule has 4 fully saturated rings. The van der Waals surface area contributed by atoms with E-state index in [9.17, 15) is 0 Å². The Bertz CT molecular complexity index is 1530. The normalized spacial score (nSPS) is 22.8. The third-order valence-corrected chi connectivity index (χ3v) is 14.4. The summed E-state index contributed by atoms with van der Waals surface area (Å²) in [7, 11) is 0. The van der Waals surface area contributed by atoms with Crippen LogP contribution >= 0.6 is 0 Å². The Morgan fingerprint density at radius 3 is 0.702 bits per heavy atom. The van der Waals surface area contributed by atoms with Gasteiger partial charge in [0.2, 0.25) is 0 Å². The number of unbranched alkanes of at least 4 members (excludes halogenated alkanes) is 12. The fourth-order valence-corrected chi connectivity index (χ4v) is 9.74. The fraction of sp³-hybridized carbons (Fsp3) is 1.00. The summed E-state index contributed by atoms with van der Waals surface area (Å²) in [5, 5.41) is 0. The van der Waals surface area contributed by atoms with Gasteiger partial charge < -0.3 is 100 Å². The Morgan fingerprint density at radius 2 is 0.488 bits per heavy atom. The van der Waals surface area contributed by atoms with E-state index in [1.165, 1.54) is 0 Å². The van der Waals surface area contributed by atoms with Gasteiger partial charge in [-0.2, -0.15) is 0 Å². The van der Waals surface area contributed by atoms with E-state index in [2.05, 4.69) is 0 Å². The van der Waals surface area contributed by atoms with Crippen molar-refractivity contribution in [3.05, 3.63) is 0 Å². The zero-order chi connectivity index (χ0) is 60.3. The average molecular weight is 1210 g/mol. The summed E-state index contributed by atoms with van der Waals surface area (Å²) in [6.45, 7) is 31.0. The van der Waals surface area contributed by atoms with Crippen LogP contribution in [0.5, 0.6) is 0 Å². The smallest absolute Gasteiger partial charge is 0.163 e. The standard InChI is InChI=1S/C63H121NO20/c1-60(2)77-49-56(81-60)45-70-32-19-10-17-29-67-42-54(75-37-25-13-22-34-72-47-58-51-79-62(5,6)83-58)41-66-28-16-9-15-27-65-40-53(39-64)74-36-24-12-21-31-69-44-55(76-38-26-14-23-35-73-48-59-52-80-63(7,8)84-59)43-68-30-18-11-20-33-71-46-57-50-78-61(3,4)82-57/h53-59H,9-52,64H2,1-8H3. The van der Waals surface area contributed by atoms with Crippen molar-refractivity contribution in [2.45, 2.75) is 237 Å². The predicted molar refractivity (Wildman–Crippen MR) is 318 cm³/mol. The predicted octanol–water partition coefficient (Wildman–Crippen LogP) is 8.88. The minimum atomic E-state index is -0.524. The molecule has 0 bridgehead atoms. The first kappa shape index (κ1) is 75.6. The monoisotopic (exact) mass is 1210 g/mol. The fourth-order valence-electron chi connectivity index (χ4n) is 9.74. The molecule has 0 aliphatic carbocycles. The van der Waals surface area contributed by atoms with Crippen molar-refractivity contribution in [3.63, 3.8) is 0 Å². The Kier molecular flexibility index (Phi) is 41.6. The molecule has 7 atom stereocenters. The zero-order valence-electron chi connectivity index (χ0n) is 53.9. The first-order valence-electron chi connectivity index (χ1n) is 32.6. The molecule has 0 aromatic rings. The summed E-state index contributed by atoms with van der Waals surface area (Å²) in [6, 6.07) is 0. The maximum Gasteiger partial charge on any atom is 0.163 e.